The van der Waals surface area contributed by atoms with E-state index in [2.05, 4.69) is 34.1 Å². The van der Waals surface area contributed by atoms with E-state index >= 15 is 0 Å². The van der Waals surface area contributed by atoms with E-state index in [1.54, 1.807) is 12.0 Å². The molecule has 1 heterocycles. The number of nitrogens with one attached hydrogen (secondary N) is 2. The van der Waals surface area contributed by atoms with Crippen LogP contribution in [-0.4, -0.2) is 39.3 Å². The highest BCUT2D eigenvalue weighted by atomic mass is 79.9. The third-order valence-electron chi connectivity index (χ3n) is 5.20. The molecule has 2 aliphatic rings. The van der Waals surface area contributed by atoms with Crippen LogP contribution in [0.4, 0.5) is 0 Å². The molecule has 0 bridgehead atoms. The normalized spacial score (nSPS) is 27.0. The van der Waals surface area contributed by atoms with Crippen molar-refractivity contribution in [1.82, 2.24) is 0 Å². The Morgan fingerprint density at radius 3 is 2.48 bits per heavy atom. The Morgan fingerprint density at radius 1 is 1.14 bits per heavy atom. The van der Waals surface area contributed by atoms with Gasteiger partial charge in [-0.1, -0.05) is 0 Å². The second kappa shape index (κ2) is 7.12. The van der Waals surface area contributed by atoms with Gasteiger partial charge < -0.3 is 14.5 Å². The largest absolute Gasteiger partial charge is 0.496 e. The summed E-state index contributed by atoms with van der Waals surface area (Å²) in [6, 6.07) is 7.45. The highest BCUT2D eigenvalue weighted by molar-refractivity contribution is 9.10. The fraction of sp³-hybridized carbons (Fsp3) is 0.647. The fourth-order valence-corrected chi connectivity index (χ4v) is 4.54. The van der Waals surface area contributed by atoms with Crippen LogP contribution in [0.3, 0.4) is 0 Å². The van der Waals surface area contributed by atoms with E-state index in [-0.39, 0.29) is 0 Å². The number of hydrogen-bond acceptors (Lipinski definition) is 1. The molecule has 4 heteroatoms. The molecule has 1 aliphatic heterocycles. The van der Waals surface area contributed by atoms with Gasteiger partial charge in [-0.2, -0.15) is 0 Å². The Labute approximate surface area is 136 Å². The molecule has 1 saturated carbocycles. The maximum Gasteiger partial charge on any atom is 0.133 e. The van der Waals surface area contributed by atoms with E-state index in [0.717, 1.165) is 22.8 Å². The zero-order valence-electron chi connectivity index (χ0n) is 13.0. The first kappa shape index (κ1) is 15.3. The summed E-state index contributed by atoms with van der Waals surface area (Å²) in [7, 11) is 1.72. The number of ether oxygens (including phenoxy) is 1. The predicted octanol–water partition coefficient (Wildman–Crippen LogP) is 0.684. The lowest BCUT2D eigenvalue weighted by Gasteiger charge is -2.33. The number of methoxy groups -OCH3 is 1. The van der Waals surface area contributed by atoms with E-state index < -0.39 is 0 Å². The molecule has 0 amide bonds. The number of piperazine rings is 1. The second-order valence-electron chi connectivity index (χ2n) is 6.54. The van der Waals surface area contributed by atoms with Crippen LogP contribution in [0.2, 0.25) is 0 Å². The first-order valence-electron chi connectivity index (χ1n) is 8.27. The smallest absolute Gasteiger partial charge is 0.133 e. The Morgan fingerprint density at radius 2 is 1.86 bits per heavy atom. The lowest BCUT2D eigenvalue weighted by atomic mass is 10.1. The molecule has 0 unspecified atom stereocenters. The van der Waals surface area contributed by atoms with Gasteiger partial charge in [-0.3, -0.25) is 0 Å². The van der Waals surface area contributed by atoms with Gasteiger partial charge in [0.15, 0.2) is 0 Å². The topological polar surface area (TPSA) is 18.1 Å². The summed E-state index contributed by atoms with van der Waals surface area (Å²) in [6.45, 7) is 6.49. The minimum atomic E-state index is 0.921. The van der Waals surface area contributed by atoms with Crippen molar-refractivity contribution in [2.24, 2.45) is 0 Å². The van der Waals surface area contributed by atoms with Gasteiger partial charge in [0.1, 0.15) is 38.5 Å². The third-order valence-corrected chi connectivity index (χ3v) is 5.82. The Hall–Kier alpha value is -0.580. The van der Waals surface area contributed by atoms with Crippen molar-refractivity contribution >= 4 is 15.9 Å². The molecule has 0 radical (unpaired) electrons. The van der Waals surface area contributed by atoms with Crippen molar-refractivity contribution in [2.45, 2.75) is 38.3 Å². The van der Waals surface area contributed by atoms with Gasteiger partial charge in [0.2, 0.25) is 0 Å². The zero-order chi connectivity index (χ0) is 14.7. The monoisotopic (exact) mass is 354 g/mol. The fourth-order valence-electron chi connectivity index (χ4n) is 3.95. The molecule has 2 fully saturated rings. The number of benzene rings is 1. The molecular formula is C17H27BrN2O+2. The molecule has 116 valence electrons. The van der Waals surface area contributed by atoms with Crippen LogP contribution in [0, 0.1) is 0 Å². The number of halogens is 1. The first-order valence-corrected chi connectivity index (χ1v) is 9.06. The molecule has 1 aromatic rings. The standard InChI is InChI=1S/C17H25BrN2O/c1-21-17-7-6-14(12-16(17)18)13-19-8-10-20(11-9-19)15-4-2-3-5-15/h6-7,12,15H,2-5,8-11,13H2,1H3/p+2. The molecule has 1 saturated heterocycles. The van der Waals surface area contributed by atoms with E-state index in [9.17, 15) is 0 Å². The highest BCUT2D eigenvalue weighted by Crippen LogP contribution is 2.25. The maximum atomic E-state index is 5.30. The van der Waals surface area contributed by atoms with Crippen molar-refractivity contribution in [1.29, 1.82) is 0 Å². The van der Waals surface area contributed by atoms with Crippen LogP contribution < -0.4 is 14.5 Å². The maximum absolute atomic E-state index is 5.30. The number of hydrogen-bond donors (Lipinski definition) is 2. The molecule has 1 aliphatic carbocycles. The predicted molar refractivity (Wildman–Crippen MR) is 88.0 cm³/mol. The van der Waals surface area contributed by atoms with E-state index in [1.807, 2.05) is 4.90 Å². The summed E-state index contributed by atoms with van der Waals surface area (Å²) >= 11 is 3.59. The van der Waals surface area contributed by atoms with Gasteiger partial charge in [0.05, 0.1) is 17.6 Å². The van der Waals surface area contributed by atoms with Crippen molar-refractivity contribution < 1.29 is 14.5 Å². The molecule has 3 rings (SSSR count). The minimum absolute atomic E-state index is 0.921. The number of rotatable bonds is 4. The van der Waals surface area contributed by atoms with E-state index in [0.29, 0.717) is 0 Å². The SMILES string of the molecule is COc1ccc(C[NH+]2CC[NH+](C3CCCC3)CC2)cc1Br. The summed E-state index contributed by atoms with van der Waals surface area (Å²) in [5.74, 6) is 0.921. The van der Waals surface area contributed by atoms with Gasteiger partial charge in [-0.15, -0.1) is 0 Å². The molecule has 0 aromatic heterocycles. The van der Waals surface area contributed by atoms with Crippen LogP contribution in [0.15, 0.2) is 22.7 Å². The van der Waals surface area contributed by atoms with Crippen molar-refractivity contribution in [3.63, 3.8) is 0 Å². The lowest BCUT2D eigenvalue weighted by molar-refractivity contribution is -1.03. The van der Waals surface area contributed by atoms with Gasteiger partial charge in [0, 0.05) is 5.56 Å². The zero-order valence-corrected chi connectivity index (χ0v) is 14.5. The highest BCUT2D eigenvalue weighted by Gasteiger charge is 2.31. The molecule has 0 atom stereocenters. The van der Waals surface area contributed by atoms with Crippen LogP contribution in [0.1, 0.15) is 31.2 Å². The van der Waals surface area contributed by atoms with Crippen molar-refractivity contribution in [2.75, 3.05) is 33.3 Å². The summed E-state index contributed by atoms with van der Waals surface area (Å²) in [6.07, 6.45) is 5.86. The van der Waals surface area contributed by atoms with Crippen LogP contribution in [-0.2, 0) is 6.54 Å². The molecule has 0 spiro atoms. The third kappa shape index (κ3) is 3.79. The molecule has 1 aromatic carbocycles. The average molecular weight is 355 g/mol. The van der Waals surface area contributed by atoms with Crippen molar-refractivity contribution in [3.8, 4) is 5.75 Å². The van der Waals surface area contributed by atoms with Crippen LogP contribution >= 0.6 is 15.9 Å². The van der Waals surface area contributed by atoms with Gasteiger partial charge in [-0.05, 0) is 59.8 Å². The Balaban J connectivity index is 1.51. The van der Waals surface area contributed by atoms with E-state index in [4.69, 9.17) is 4.74 Å². The molecule has 3 nitrogen and oxygen atoms in total. The van der Waals surface area contributed by atoms with Crippen LogP contribution in [0.5, 0.6) is 5.75 Å². The Bertz CT molecular complexity index is 466. The van der Waals surface area contributed by atoms with Crippen LogP contribution in [0.25, 0.3) is 0 Å². The summed E-state index contributed by atoms with van der Waals surface area (Å²) in [5, 5.41) is 0. The summed E-state index contributed by atoms with van der Waals surface area (Å²) in [4.78, 5) is 3.61. The number of quaternary nitrogens is 2. The summed E-state index contributed by atoms with van der Waals surface area (Å²) < 4.78 is 6.37. The molecule has 2 N–H and O–H groups in total. The lowest BCUT2D eigenvalue weighted by Crippen LogP contribution is -3.29. The quantitative estimate of drug-likeness (QED) is 0.813. The second-order valence-corrected chi connectivity index (χ2v) is 7.39. The van der Waals surface area contributed by atoms with Gasteiger partial charge in [0.25, 0.3) is 0 Å². The first-order chi connectivity index (χ1) is 10.3. The average Bonchev–Trinajstić information content (AvgIpc) is 3.02. The summed E-state index contributed by atoms with van der Waals surface area (Å²) in [5.41, 5.74) is 1.40. The van der Waals surface area contributed by atoms with E-state index in [1.165, 1.54) is 57.4 Å². The molecule has 21 heavy (non-hydrogen) atoms. The van der Waals surface area contributed by atoms with Gasteiger partial charge >= 0.3 is 0 Å². The minimum Gasteiger partial charge on any atom is -0.496 e. The van der Waals surface area contributed by atoms with Crippen molar-refractivity contribution in [3.05, 3.63) is 28.2 Å². The Kier molecular flexibility index (Phi) is 5.19. The molecular weight excluding hydrogens is 328 g/mol. The van der Waals surface area contributed by atoms with Gasteiger partial charge in [-0.25, -0.2) is 0 Å².